The molecule has 0 aromatic heterocycles. The molecule has 0 unspecified atom stereocenters. The Labute approximate surface area is 246 Å². The van der Waals surface area contributed by atoms with Crippen molar-refractivity contribution in [1.29, 1.82) is 0 Å². The van der Waals surface area contributed by atoms with E-state index in [2.05, 4.69) is 6.92 Å². The monoisotopic (exact) mass is 606 g/mol. The average molecular weight is 606 g/mol. The molecule has 33 heavy (non-hydrogen) atoms. The van der Waals surface area contributed by atoms with E-state index in [4.69, 9.17) is 4.18 Å². The van der Waals surface area contributed by atoms with Gasteiger partial charge in [0.25, 0.3) is 10.1 Å². The quantitative estimate of drug-likeness (QED) is 0.0716. The predicted molar refractivity (Wildman–Crippen MR) is 146 cm³/mol. The fourth-order valence-corrected chi connectivity index (χ4v) is 5.14. The van der Waals surface area contributed by atoms with Crippen LogP contribution < -0.4 is 0 Å². The number of benzene rings is 1. The summed E-state index contributed by atoms with van der Waals surface area (Å²) < 4.78 is 29.1. The maximum absolute atomic E-state index is 12.0. The molecular weight excluding hydrogens is 554 g/mol. The van der Waals surface area contributed by atoms with Gasteiger partial charge in [0.15, 0.2) is 0 Å². The van der Waals surface area contributed by atoms with Gasteiger partial charge in [0.2, 0.25) is 0 Å². The van der Waals surface area contributed by atoms with Crippen LogP contribution in [0.2, 0.25) is 0 Å². The van der Waals surface area contributed by atoms with Crippen molar-refractivity contribution in [3.63, 3.8) is 0 Å². The van der Waals surface area contributed by atoms with Gasteiger partial charge in [-0.15, -0.1) is 0 Å². The fourth-order valence-electron chi connectivity index (χ4n) is 4.18. The molecule has 0 radical (unpaired) electrons. The van der Waals surface area contributed by atoms with E-state index in [0.29, 0.717) is 0 Å². The van der Waals surface area contributed by atoms with Crippen LogP contribution in [0.3, 0.4) is 0 Å². The number of hydrogen-bond donors (Lipinski definition) is 0. The van der Waals surface area contributed by atoms with Crippen molar-refractivity contribution < 1.29 is 12.6 Å². The SMILES string of the molecule is CCCCCCCCCCCCCCCCCCCCCCOS(=O)(=O)c1ccccc1.[BaH2]. The molecule has 0 bridgehead atoms. The molecule has 5 heteroatoms. The Kier molecular flexibility index (Phi) is 24.9. The van der Waals surface area contributed by atoms with Crippen LogP contribution in [-0.2, 0) is 14.3 Å². The van der Waals surface area contributed by atoms with Gasteiger partial charge in [0.05, 0.1) is 11.5 Å². The van der Waals surface area contributed by atoms with Crippen LogP contribution in [0.25, 0.3) is 0 Å². The molecule has 0 aliphatic carbocycles. The Hall–Kier alpha value is 0.701. The van der Waals surface area contributed by atoms with Crippen molar-refractivity contribution >= 4 is 59.0 Å². The maximum atomic E-state index is 12.0. The first-order valence-electron chi connectivity index (χ1n) is 13.6. The van der Waals surface area contributed by atoms with E-state index in [1.807, 2.05) is 0 Å². The van der Waals surface area contributed by atoms with Gasteiger partial charge in [-0.3, -0.25) is 4.18 Å². The zero-order chi connectivity index (χ0) is 23.2. The normalized spacial score (nSPS) is 11.4. The van der Waals surface area contributed by atoms with E-state index in [1.54, 1.807) is 30.3 Å². The third-order valence-electron chi connectivity index (χ3n) is 6.27. The fraction of sp³-hybridized carbons (Fsp3) is 0.786. The Morgan fingerprint density at radius 2 is 0.879 bits per heavy atom. The van der Waals surface area contributed by atoms with Crippen molar-refractivity contribution in [2.24, 2.45) is 0 Å². The molecule has 0 spiro atoms. The van der Waals surface area contributed by atoms with Gasteiger partial charge < -0.3 is 0 Å². The summed E-state index contributed by atoms with van der Waals surface area (Å²) in [6.45, 7) is 2.57. The summed E-state index contributed by atoms with van der Waals surface area (Å²) in [6.07, 6.45) is 26.8. The van der Waals surface area contributed by atoms with E-state index in [-0.39, 0.29) is 60.4 Å². The van der Waals surface area contributed by atoms with Gasteiger partial charge in [0, 0.05) is 0 Å². The molecule has 0 N–H and O–H groups in total. The van der Waals surface area contributed by atoms with Crippen LogP contribution in [0.15, 0.2) is 35.2 Å². The molecule has 0 atom stereocenters. The van der Waals surface area contributed by atoms with Gasteiger partial charge in [-0.2, -0.15) is 8.42 Å². The van der Waals surface area contributed by atoms with Crippen molar-refractivity contribution in [2.75, 3.05) is 6.61 Å². The number of rotatable bonds is 23. The van der Waals surface area contributed by atoms with E-state index in [1.165, 1.54) is 116 Å². The van der Waals surface area contributed by atoms with Crippen molar-refractivity contribution in [2.45, 2.75) is 140 Å². The minimum absolute atomic E-state index is 0. The summed E-state index contributed by atoms with van der Waals surface area (Å²) in [5.74, 6) is 0. The second-order valence-electron chi connectivity index (χ2n) is 9.31. The van der Waals surface area contributed by atoms with E-state index in [9.17, 15) is 8.42 Å². The Morgan fingerprint density at radius 3 is 1.24 bits per heavy atom. The molecule has 0 fully saturated rings. The van der Waals surface area contributed by atoms with Crippen LogP contribution in [0, 0.1) is 0 Å². The molecule has 0 aliphatic heterocycles. The summed E-state index contributed by atoms with van der Waals surface area (Å²) in [4.78, 5) is 0.244. The second kappa shape index (κ2) is 24.4. The Morgan fingerprint density at radius 1 is 0.545 bits per heavy atom. The minimum atomic E-state index is -3.59. The molecule has 190 valence electrons. The second-order valence-corrected chi connectivity index (χ2v) is 10.9. The Bertz CT molecular complexity index is 619. The molecule has 0 aliphatic rings. The zero-order valence-electron chi connectivity index (χ0n) is 20.9. The third kappa shape index (κ3) is 20.6. The molecule has 1 aromatic carbocycles. The summed E-state index contributed by atoms with van der Waals surface area (Å²) >= 11 is 0. The molecule has 0 saturated heterocycles. The first-order chi connectivity index (χ1) is 15.7. The number of hydrogen-bond acceptors (Lipinski definition) is 3. The van der Waals surface area contributed by atoms with Gasteiger partial charge in [-0.05, 0) is 18.6 Å². The van der Waals surface area contributed by atoms with Crippen LogP contribution in [-0.4, -0.2) is 63.9 Å². The van der Waals surface area contributed by atoms with Crippen LogP contribution in [0.4, 0.5) is 0 Å². The van der Waals surface area contributed by atoms with Crippen molar-refractivity contribution in [3.05, 3.63) is 30.3 Å². The zero-order valence-corrected chi connectivity index (χ0v) is 21.7. The van der Waals surface area contributed by atoms with Gasteiger partial charge in [0.1, 0.15) is 0 Å². The van der Waals surface area contributed by atoms with E-state index in [0.717, 1.165) is 12.8 Å². The molecular formula is C28H52BaO3S. The molecule has 3 nitrogen and oxygen atoms in total. The first kappa shape index (κ1) is 33.7. The molecule has 1 aromatic rings. The van der Waals surface area contributed by atoms with Crippen LogP contribution in [0.5, 0.6) is 0 Å². The van der Waals surface area contributed by atoms with Crippen molar-refractivity contribution in [1.82, 2.24) is 0 Å². The van der Waals surface area contributed by atoms with Gasteiger partial charge in [-0.25, -0.2) is 0 Å². The van der Waals surface area contributed by atoms with Crippen LogP contribution in [0.1, 0.15) is 135 Å². The molecule has 0 saturated carbocycles. The molecule has 0 heterocycles. The predicted octanol–water partition coefficient (Wildman–Crippen LogP) is 8.30. The van der Waals surface area contributed by atoms with E-state index >= 15 is 0 Å². The van der Waals surface area contributed by atoms with Gasteiger partial charge in [-0.1, -0.05) is 147 Å². The first-order valence-corrected chi connectivity index (χ1v) is 15.0. The average Bonchev–Trinajstić information content (AvgIpc) is 2.80. The summed E-state index contributed by atoms with van der Waals surface area (Å²) in [5.41, 5.74) is 0. The molecule has 1 rings (SSSR count). The van der Waals surface area contributed by atoms with Crippen LogP contribution >= 0.6 is 0 Å². The standard InChI is InChI=1S/C28H50O3S.Ba.2H/c1-2-3-4-5-6-7-8-9-10-11-12-13-14-15-16-17-18-19-20-24-27-31-32(29,30)28-25-22-21-23-26-28;;;/h21-23,25-26H,2-20,24,27H2,1H3;;;. The van der Waals surface area contributed by atoms with Gasteiger partial charge >= 0.3 is 48.9 Å². The topological polar surface area (TPSA) is 43.4 Å². The summed E-state index contributed by atoms with van der Waals surface area (Å²) in [6, 6.07) is 8.39. The summed E-state index contributed by atoms with van der Waals surface area (Å²) in [7, 11) is -3.59. The Balaban J connectivity index is 0.0000102. The van der Waals surface area contributed by atoms with E-state index < -0.39 is 10.1 Å². The number of unbranched alkanes of at least 4 members (excludes halogenated alkanes) is 19. The molecule has 0 amide bonds. The summed E-state index contributed by atoms with van der Waals surface area (Å²) in [5, 5.41) is 0. The van der Waals surface area contributed by atoms with Crippen molar-refractivity contribution in [3.8, 4) is 0 Å². The third-order valence-corrected chi connectivity index (χ3v) is 7.59.